The number of aliphatic carboxylic acids is 1. The van der Waals surface area contributed by atoms with E-state index >= 15 is 0 Å². The van der Waals surface area contributed by atoms with Crippen LogP contribution in [-0.2, 0) is 14.3 Å². The molecule has 3 N–H and O–H groups in total. The van der Waals surface area contributed by atoms with E-state index < -0.39 is 12.0 Å². The van der Waals surface area contributed by atoms with Gasteiger partial charge < -0.3 is 20.5 Å². The van der Waals surface area contributed by atoms with Crippen LogP contribution in [-0.4, -0.2) is 54.7 Å². The number of hydrogen-bond acceptors (Lipinski definition) is 4. The Hall–Kier alpha value is -1.14. The summed E-state index contributed by atoms with van der Waals surface area (Å²) in [6, 6.07) is -0.793. The molecule has 0 aromatic heterocycles. The van der Waals surface area contributed by atoms with E-state index in [1.165, 1.54) is 11.9 Å². The molecule has 15 heavy (non-hydrogen) atoms. The fourth-order valence-electron chi connectivity index (χ4n) is 1.13. The lowest BCUT2D eigenvalue weighted by Crippen LogP contribution is -2.43. The topological polar surface area (TPSA) is 92.9 Å². The Balaban J connectivity index is 4.10. The van der Waals surface area contributed by atoms with Crippen molar-refractivity contribution in [3.05, 3.63) is 0 Å². The third-order valence-electron chi connectivity index (χ3n) is 2.02. The number of carboxylic acids is 1. The third kappa shape index (κ3) is 4.75. The Morgan fingerprint density at radius 3 is 2.53 bits per heavy atom. The maximum Gasteiger partial charge on any atom is 0.326 e. The van der Waals surface area contributed by atoms with E-state index in [2.05, 4.69) is 0 Å². The van der Waals surface area contributed by atoms with E-state index in [0.717, 1.165) is 0 Å². The van der Waals surface area contributed by atoms with Crippen LogP contribution in [0.15, 0.2) is 0 Å². The largest absolute Gasteiger partial charge is 0.480 e. The van der Waals surface area contributed by atoms with Crippen molar-refractivity contribution in [2.45, 2.75) is 19.4 Å². The fraction of sp³-hybridized carbons (Fsp3) is 0.778. The van der Waals surface area contributed by atoms with Gasteiger partial charge in [0.15, 0.2) is 0 Å². The van der Waals surface area contributed by atoms with Gasteiger partial charge >= 0.3 is 5.97 Å². The second-order valence-electron chi connectivity index (χ2n) is 3.11. The maximum atomic E-state index is 11.4. The van der Waals surface area contributed by atoms with Crippen molar-refractivity contribution in [1.82, 2.24) is 4.90 Å². The molecule has 0 aliphatic rings. The number of carbonyl (C=O) groups excluding carboxylic acids is 1. The molecule has 6 heteroatoms. The summed E-state index contributed by atoms with van der Waals surface area (Å²) in [4.78, 5) is 23.4. The van der Waals surface area contributed by atoms with Crippen LogP contribution >= 0.6 is 0 Å². The lowest BCUT2D eigenvalue weighted by molar-refractivity contribution is -0.150. The number of carboxylic acid groups (broad SMARTS) is 1. The van der Waals surface area contributed by atoms with Crippen LogP contribution in [0.4, 0.5) is 0 Å². The van der Waals surface area contributed by atoms with Gasteiger partial charge in [-0.15, -0.1) is 0 Å². The van der Waals surface area contributed by atoms with Crippen LogP contribution in [0.3, 0.4) is 0 Å². The molecule has 0 saturated carbocycles. The lowest BCUT2D eigenvalue weighted by atomic mass is 10.2. The first-order valence-electron chi connectivity index (χ1n) is 4.80. The van der Waals surface area contributed by atoms with E-state index in [1.807, 2.05) is 0 Å². The Bertz CT molecular complexity index is 220. The summed E-state index contributed by atoms with van der Waals surface area (Å²) < 4.78 is 4.93. The summed E-state index contributed by atoms with van der Waals surface area (Å²) in [6.45, 7) is 2.22. The van der Waals surface area contributed by atoms with Gasteiger partial charge in [0.1, 0.15) is 12.6 Å². The van der Waals surface area contributed by atoms with Gasteiger partial charge in [-0.25, -0.2) is 4.79 Å². The quantitative estimate of drug-likeness (QED) is 0.550. The average molecular weight is 218 g/mol. The first kappa shape index (κ1) is 13.9. The molecule has 0 rings (SSSR count). The van der Waals surface area contributed by atoms with Gasteiger partial charge in [0.05, 0.1) is 6.61 Å². The number of carbonyl (C=O) groups is 2. The second-order valence-corrected chi connectivity index (χ2v) is 3.11. The molecule has 0 aromatic carbocycles. The van der Waals surface area contributed by atoms with Crippen LogP contribution in [0.1, 0.15) is 13.3 Å². The predicted molar refractivity (Wildman–Crippen MR) is 54.4 cm³/mol. The Kier molecular flexibility index (Phi) is 6.64. The SMILES string of the molecule is CCC(C(=O)O)N(C)C(=O)COCCN. The maximum absolute atomic E-state index is 11.4. The molecule has 0 fully saturated rings. The molecule has 0 heterocycles. The Morgan fingerprint density at radius 1 is 1.53 bits per heavy atom. The minimum Gasteiger partial charge on any atom is -0.480 e. The minimum absolute atomic E-state index is 0.128. The van der Waals surface area contributed by atoms with Gasteiger partial charge in [0, 0.05) is 13.6 Å². The predicted octanol–water partition coefficient (Wildman–Crippen LogP) is -0.717. The number of hydrogen-bond donors (Lipinski definition) is 2. The summed E-state index contributed by atoms with van der Waals surface area (Å²) in [5.74, 6) is -1.36. The molecular weight excluding hydrogens is 200 g/mol. The molecule has 6 nitrogen and oxygen atoms in total. The summed E-state index contributed by atoms with van der Waals surface area (Å²) in [7, 11) is 1.45. The van der Waals surface area contributed by atoms with Crippen molar-refractivity contribution < 1.29 is 19.4 Å². The van der Waals surface area contributed by atoms with Crippen LogP contribution in [0.2, 0.25) is 0 Å². The standard InChI is InChI=1S/C9H18N2O4/c1-3-7(9(13)14)11(2)8(12)6-15-5-4-10/h7H,3-6,10H2,1-2H3,(H,13,14). The third-order valence-corrected chi connectivity index (χ3v) is 2.02. The highest BCUT2D eigenvalue weighted by atomic mass is 16.5. The van der Waals surface area contributed by atoms with Crippen molar-refractivity contribution in [3.63, 3.8) is 0 Å². The summed E-state index contributed by atoms with van der Waals surface area (Å²) in [5.41, 5.74) is 5.18. The van der Waals surface area contributed by atoms with E-state index in [9.17, 15) is 9.59 Å². The number of likely N-dealkylation sites (N-methyl/N-ethyl adjacent to an activating group) is 1. The van der Waals surface area contributed by atoms with Crippen LogP contribution < -0.4 is 5.73 Å². The van der Waals surface area contributed by atoms with Gasteiger partial charge in [-0.05, 0) is 6.42 Å². The summed E-state index contributed by atoms with van der Waals surface area (Å²) >= 11 is 0. The molecule has 0 aliphatic heterocycles. The molecule has 0 radical (unpaired) electrons. The van der Waals surface area contributed by atoms with Crippen LogP contribution in [0, 0.1) is 0 Å². The molecule has 1 unspecified atom stereocenters. The Morgan fingerprint density at radius 2 is 2.13 bits per heavy atom. The number of ether oxygens (including phenoxy) is 1. The lowest BCUT2D eigenvalue weighted by Gasteiger charge is -2.23. The smallest absolute Gasteiger partial charge is 0.326 e. The number of nitrogens with zero attached hydrogens (tertiary/aromatic N) is 1. The van der Waals surface area contributed by atoms with Crippen molar-refractivity contribution in [2.75, 3.05) is 26.8 Å². The van der Waals surface area contributed by atoms with Crippen molar-refractivity contribution in [1.29, 1.82) is 0 Å². The molecule has 0 spiro atoms. The first-order chi connectivity index (χ1) is 7.04. The highest BCUT2D eigenvalue weighted by Gasteiger charge is 2.24. The van der Waals surface area contributed by atoms with Crippen molar-refractivity contribution in [3.8, 4) is 0 Å². The Labute approximate surface area is 89.0 Å². The monoisotopic (exact) mass is 218 g/mol. The number of amides is 1. The summed E-state index contributed by atoms with van der Waals surface area (Å²) in [6.07, 6.45) is 0.370. The van der Waals surface area contributed by atoms with E-state index in [4.69, 9.17) is 15.6 Å². The minimum atomic E-state index is -1.01. The van der Waals surface area contributed by atoms with E-state index in [0.29, 0.717) is 19.6 Å². The number of nitrogens with two attached hydrogens (primary N) is 1. The highest BCUT2D eigenvalue weighted by molar-refractivity contribution is 5.84. The van der Waals surface area contributed by atoms with Gasteiger partial charge in [-0.3, -0.25) is 4.79 Å². The van der Waals surface area contributed by atoms with Crippen LogP contribution in [0.25, 0.3) is 0 Å². The zero-order valence-corrected chi connectivity index (χ0v) is 9.10. The zero-order chi connectivity index (χ0) is 11.8. The van der Waals surface area contributed by atoms with Gasteiger partial charge in [-0.1, -0.05) is 6.92 Å². The molecule has 0 saturated heterocycles. The molecule has 88 valence electrons. The molecule has 1 amide bonds. The fourth-order valence-corrected chi connectivity index (χ4v) is 1.13. The second kappa shape index (κ2) is 7.19. The molecule has 0 bridgehead atoms. The van der Waals surface area contributed by atoms with Gasteiger partial charge in [0.2, 0.25) is 5.91 Å². The molecular formula is C9H18N2O4. The van der Waals surface area contributed by atoms with Gasteiger partial charge in [0.25, 0.3) is 0 Å². The molecule has 1 atom stereocenters. The van der Waals surface area contributed by atoms with Crippen LogP contribution in [0.5, 0.6) is 0 Å². The molecule has 0 aliphatic carbocycles. The normalized spacial score (nSPS) is 12.2. The average Bonchev–Trinajstić information content (AvgIpc) is 2.18. The number of rotatable bonds is 7. The highest BCUT2D eigenvalue weighted by Crippen LogP contribution is 2.02. The van der Waals surface area contributed by atoms with E-state index in [-0.39, 0.29) is 12.5 Å². The zero-order valence-electron chi connectivity index (χ0n) is 9.10. The van der Waals surface area contributed by atoms with Crippen molar-refractivity contribution in [2.24, 2.45) is 5.73 Å². The van der Waals surface area contributed by atoms with Gasteiger partial charge in [-0.2, -0.15) is 0 Å². The first-order valence-corrected chi connectivity index (χ1v) is 4.80. The van der Waals surface area contributed by atoms with Crippen molar-refractivity contribution >= 4 is 11.9 Å². The summed E-state index contributed by atoms with van der Waals surface area (Å²) in [5, 5.41) is 8.81. The molecule has 0 aromatic rings. The van der Waals surface area contributed by atoms with E-state index in [1.54, 1.807) is 6.92 Å².